The summed E-state index contributed by atoms with van der Waals surface area (Å²) in [5, 5.41) is 10.7. The SMILES string of the molecule is COC(=O)[C@]12CCC(C)(C)C[C@H]1[C@H]1C(=O)C=C3[C@@]4(C)C=C[C@H](OS(C)(=O)=O)[C@@](C)(CO)[C@@H]4CC[C@@]3(C)[C@]1(C)CC2. The number of ketones is 1. The maximum absolute atomic E-state index is 14.4. The molecule has 0 unspecified atom stereocenters. The summed E-state index contributed by atoms with van der Waals surface area (Å²) in [6, 6.07) is 0. The topological polar surface area (TPSA) is 107 Å². The predicted molar refractivity (Wildman–Crippen MR) is 152 cm³/mol. The summed E-state index contributed by atoms with van der Waals surface area (Å²) in [5.74, 6) is -0.523. The van der Waals surface area contributed by atoms with E-state index in [-0.39, 0.29) is 52.4 Å². The Morgan fingerprint density at radius 1 is 1.05 bits per heavy atom. The average Bonchev–Trinajstić information content (AvgIpc) is 2.86. The van der Waals surface area contributed by atoms with Gasteiger partial charge in [0.1, 0.15) is 6.10 Å². The van der Waals surface area contributed by atoms with Crippen molar-refractivity contribution in [3.63, 3.8) is 0 Å². The molecule has 224 valence electrons. The molecule has 0 aromatic rings. The van der Waals surface area contributed by atoms with Gasteiger partial charge in [0.15, 0.2) is 5.78 Å². The van der Waals surface area contributed by atoms with Gasteiger partial charge in [-0.15, -0.1) is 0 Å². The number of rotatable bonds is 4. The number of ether oxygens (including phenoxy) is 1. The van der Waals surface area contributed by atoms with Crippen LogP contribution >= 0.6 is 0 Å². The maximum atomic E-state index is 14.4. The first-order chi connectivity index (χ1) is 18.3. The van der Waals surface area contributed by atoms with E-state index >= 15 is 0 Å². The number of methoxy groups -OCH3 is 1. The summed E-state index contributed by atoms with van der Waals surface area (Å²) in [4.78, 5) is 27.9. The largest absolute Gasteiger partial charge is 0.469 e. The second kappa shape index (κ2) is 9.00. The van der Waals surface area contributed by atoms with Gasteiger partial charge >= 0.3 is 5.97 Å². The minimum atomic E-state index is -3.74. The number of fused-ring (bicyclic) bond motifs is 7. The molecule has 3 saturated carbocycles. The van der Waals surface area contributed by atoms with Crippen LogP contribution < -0.4 is 0 Å². The van der Waals surface area contributed by atoms with E-state index in [0.717, 1.165) is 56.8 Å². The van der Waals surface area contributed by atoms with Gasteiger partial charge in [-0.1, -0.05) is 59.3 Å². The van der Waals surface area contributed by atoms with E-state index in [1.807, 2.05) is 19.1 Å². The molecule has 1 N–H and O–H groups in total. The number of allylic oxidation sites excluding steroid dienone is 3. The normalized spacial score (nSPS) is 47.7. The number of aliphatic hydroxyl groups excluding tert-OH is 1. The zero-order valence-electron chi connectivity index (χ0n) is 25.5. The highest BCUT2D eigenvalue weighted by molar-refractivity contribution is 7.86. The number of hydrogen-bond acceptors (Lipinski definition) is 7. The van der Waals surface area contributed by atoms with Crippen LogP contribution in [0.4, 0.5) is 0 Å². The number of carbonyl (C=O) groups excluding carboxylic acids is 2. The van der Waals surface area contributed by atoms with Crippen molar-refractivity contribution < 1.29 is 32.0 Å². The molecule has 0 heterocycles. The van der Waals surface area contributed by atoms with Crippen LogP contribution in [0.25, 0.3) is 0 Å². The highest BCUT2D eigenvalue weighted by Crippen LogP contribution is 2.74. The van der Waals surface area contributed by atoms with Gasteiger partial charge in [-0.05, 0) is 79.1 Å². The molecule has 0 aliphatic heterocycles. The van der Waals surface area contributed by atoms with Crippen molar-refractivity contribution in [1.29, 1.82) is 0 Å². The Kier molecular flexibility index (Phi) is 6.74. The third kappa shape index (κ3) is 3.90. The number of carbonyl (C=O) groups is 2. The van der Waals surface area contributed by atoms with Crippen molar-refractivity contribution in [3.05, 3.63) is 23.8 Å². The Hall–Kier alpha value is -1.51. The lowest BCUT2D eigenvalue weighted by atomic mass is 9.34. The van der Waals surface area contributed by atoms with Crippen LogP contribution in [0.3, 0.4) is 0 Å². The maximum Gasteiger partial charge on any atom is 0.312 e. The lowest BCUT2D eigenvalue weighted by molar-refractivity contribution is -0.192. The molecule has 0 radical (unpaired) electrons. The van der Waals surface area contributed by atoms with E-state index in [9.17, 15) is 23.1 Å². The van der Waals surface area contributed by atoms with Crippen molar-refractivity contribution in [2.45, 2.75) is 92.6 Å². The number of aliphatic hydroxyl groups is 1. The summed E-state index contributed by atoms with van der Waals surface area (Å²) in [6.45, 7) is 12.9. The van der Waals surface area contributed by atoms with Crippen molar-refractivity contribution >= 4 is 21.9 Å². The number of esters is 1. The molecule has 3 fully saturated rings. The highest BCUT2D eigenvalue weighted by Gasteiger charge is 2.71. The molecule has 0 saturated heterocycles. The van der Waals surface area contributed by atoms with Gasteiger partial charge in [0.05, 0.1) is 25.4 Å². The Bertz CT molecular complexity index is 1280. The van der Waals surface area contributed by atoms with Crippen LogP contribution in [0.15, 0.2) is 23.8 Å². The smallest absolute Gasteiger partial charge is 0.312 e. The third-order valence-electron chi connectivity index (χ3n) is 12.9. The van der Waals surface area contributed by atoms with Crippen molar-refractivity contribution in [2.24, 2.45) is 50.2 Å². The zero-order chi connectivity index (χ0) is 29.7. The fourth-order valence-corrected chi connectivity index (χ4v) is 11.1. The monoisotopic (exact) mass is 576 g/mol. The van der Waals surface area contributed by atoms with Crippen LogP contribution in [0.2, 0.25) is 0 Å². The Morgan fingerprint density at radius 3 is 2.30 bits per heavy atom. The quantitative estimate of drug-likeness (QED) is 0.277. The van der Waals surface area contributed by atoms with Crippen molar-refractivity contribution in [3.8, 4) is 0 Å². The van der Waals surface area contributed by atoms with Gasteiger partial charge in [-0.3, -0.25) is 13.8 Å². The highest BCUT2D eigenvalue weighted by atomic mass is 32.2. The van der Waals surface area contributed by atoms with Crippen LogP contribution in [0.5, 0.6) is 0 Å². The van der Waals surface area contributed by atoms with E-state index in [0.29, 0.717) is 0 Å². The Balaban J connectivity index is 1.65. The lowest BCUT2D eigenvalue weighted by Crippen LogP contribution is -2.66. The predicted octanol–water partition coefficient (Wildman–Crippen LogP) is 5.23. The molecule has 5 rings (SSSR count). The molecule has 7 nitrogen and oxygen atoms in total. The van der Waals surface area contributed by atoms with E-state index in [1.54, 1.807) is 6.08 Å². The molecule has 5 aliphatic rings. The standard InChI is InChI=1S/C32H48O7S/c1-27(2)13-15-32(26(35)38-7)16-14-31(6)25(20(32)18-27)21(34)17-23-28(3)11-10-24(39-40(8,36)37)29(4,19-33)22(28)9-12-30(23,31)5/h10-11,17,20,22,24-25,33H,9,12-16,18-19H2,1-8H3/t20-,22+,24-,25-,28-,29-,30+,31+,32-/m0/s1. The molecule has 8 heteroatoms. The van der Waals surface area contributed by atoms with Gasteiger partial charge in [0, 0.05) is 16.7 Å². The Morgan fingerprint density at radius 2 is 1.70 bits per heavy atom. The molecule has 40 heavy (non-hydrogen) atoms. The average molecular weight is 577 g/mol. The van der Waals surface area contributed by atoms with Crippen molar-refractivity contribution in [1.82, 2.24) is 0 Å². The van der Waals surface area contributed by atoms with Crippen LogP contribution in [0, 0.1) is 50.2 Å². The van der Waals surface area contributed by atoms with Gasteiger partial charge in [0.25, 0.3) is 10.1 Å². The summed E-state index contributed by atoms with van der Waals surface area (Å²) in [6.07, 6.45) is 11.5. The van der Waals surface area contributed by atoms with Gasteiger partial charge in [0.2, 0.25) is 0 Å². The summed E-state index contributed by atoms with van der Waals surface area (Å²) >= 11 is 0. The van der Waals surface area contributed by atoms with E-state index in [4.69, 9.17) is 8.92 Å². The minimum absolute atomic E-state index is 0.0406. The fraction of sp³-hybridized carbons (Fsp3) is 0.812. The van der Waals surface area contributed by atoms with Gasteiger partial charge in [-0.2, -0.15) is 8.42 Å². The molecule has 5 aliphatic carbocycles. The summed E-state index contributed by atoms with van der Waals surface area (Å²) in [5.41, 5.74) is -1.53. The van der Waals surface area contributed by atoms with E-state index in [2.05, 4.69) is 34.6 Å². The first-order valence-corrected chi connectivity index (χ1v) is 16.7. The third-order valence-corrected chi connectivity index (χ3v) is 13.4. The van der Waals surface area contributed by atoms with E-state index in [1.165, 1.54) is 7.11 Å². The van der Waals surface area contributed by atoms with Crippen LogP contribution in [-0.4, -0.2) is 51.4 Å². The molecule has 0 bridgehead atoms. The zero-order valence-corrected chi connectivity index (χ0v) is 26.3. The molecule has 0 aromatic carbocycles. The first-order valence-electron chi connectivity index (χ1n) is 14.9. The first kappa shape index (κ1) is 30.0. The Labute approximate surface area is 240 Å². The fourth-order valence-electron chi connectivity index (χ4n) is 10.4. The van der Waals surface area contributed by atoms with E-state index < -0.39 is 32.5 Å². The molecule has 0 spiro atoms. The second-order valence-corrected chi connectivity index (χ2v) is 17.0. The lowest BCUT2D eigenvalue weighted by Gasteiger charge is -2.69. The van der Waals surface area contributed by atoms with Crippen molar-refractivity contribution in [2.75, 3.05) is 20.0 Å². The van der Waals surface area contributed by atoms with Crippen LogP contribution in [-0.2, 0) is 28.6 Å². The second-order valence-electron chi connectivity index (χ2n) is 15.4. The summed E-state index contributed by atoms with van der Waals surface area (Å²) < 4.78 is 35.1. The molecular weight excluding hydrogens is 528 g/mol. The van der Waals surface area contributed by atoms with Gasteiger partial charge in [-0.25, -0.2) is 0 Å². The minimum Gasteiger partial charge on any atom is -0.469 e. The summed E-state index contributed by atoms with van der Waals surface area (Å²) in [7, 11) is -2.26. The van der Waals surface area contributed by atoms with Gasteiger partial charge < -0.3 is 9.84 Å². The molecular formula is C32H48O7S. The number of hydrogen-bond donors (Lipinski definition) is 1. The molecule has 0 amide bonds. The van der Waals surface area contributed by atoms with Crippen LogP contribution in [0.1, 0.15) is 86.5 Å². The molecule has 0 aromatic heterocycles. The molecule has 9 atom stereocenters.